The molecule has 1 aliphatic heterocycles. The smallest absolute Gasteiger partial charge is 0.226 e. The standard InChI is InChI=1S/C17H26N2O3/c18-10-4-13-21-16-7-11-19(12-8-16)17(20)9-14-22-15-5-2-1-3-6-15/h1-3,5-6,16H,4,7-14,18H2. The topological polar surface area (TPSA) is 64.8 Å². The van der Waals surface area contributed by atoms with Crippen LogP contribution in [0.1, 0.15) is 25.7 Å². The Morgan fingerprint density at radius 1 is 1.18 bits per heavy atom. The van der Waals surface area contributed by atoms with Gasteiger partial charge in [0, 0.05) is 19.7 Å². The summed E-state index contributed by atoms with van der Waals surface area (Å²) in [5.41, 5.74) is 5.45. The van der Waals surface area contributed by atoms with Gasteiger partial charge in [-0.1, -0.05) is 18.2 Å². The van der Waals surface area contributed by atoms with Crippen LogP contribution in [0.4, 0.5) is 0 Å². The third-order valence-corrected chi connectivity index (χ3v) is 3.82. The van der Waals surface area contributed by atoms with Crippen molar-refractivity contribution in [2.24, 2.45) is 5.73 Å². The van der Waals surface area contributed by atoms with E-state index >= 15 is 0 Å². The fourth-order valence-electron chi connectivity index (χ4n) is 2.54. The minimum Gasteiger partial charge on any atom is -0.493 e. The van der Waals surface area contributed by atoms with E-state index in [4.69, 9.17) is 15.2 Å². The van der Waals surface area contributed by atoms with Gasteiger partial charge in [0.15, 0.2) is 0 Å². The number of likely N-dealkylation sites (tertiary alicyclic amines) is 1. The molecule has 0 aliphatic carbocycles. The van der Waals surface area contributed by atoms with Gasteiger partial charge < -0.3 is 20.1 Å². The molecular weight excluding hydrogens is 280 g/mol. The number of rotatable bonds is 8. The first-order valence-corrected chi connectivity index (χ1v) is 8.07. The van der Waals surface area contributed by atoms with Gasteiger partial charge in [0.25, 0.3) is 0 Å². The number of ether oxygens (including phenoxy) is 2. The zero-order valence-corrected chi connectivity index (χ0v) is 13.1. The molecule has 5 heteroatoms. The summed E-state index contributed by atoms with van der Waals surface area (Å²) in [6.07, 6.45) is 3.42. The van der Waals surface area contributed by atoms with Crippen molar-refractivity contribution in [1.29, 1.82) is 0 Å². The molecule has 22 heavy (non-hydrogen) atoms. The molecule has 122 valence electrons. The number of nitrogens with two attached hydrogens (primary N) is 1. The lowest BCUT2D eigenvalue weighted by molar-refractivity contribution is -0.134. The van der Waals surface area contributed by atoms with Gasteiger partial charge in [-0.2, -0.15) is 0 Å². The molecule has 2 rings (SSSR count). The summed E-state index contributed by atoms with van der Waals surface area (Å²) < 4.78 is 11.3. The van der Waals surface area contributed by atoms with Crippen LogP contribution in [-0.4, -0.2) is 49.8 Å². The normalized spacial score (nSPS) is 15.8. The monoisotopic (exact) mass is 306 g/mol. The zero-order valence-electron chi connectivity index (χ0n) is 13.1. The van der Waals surface area contributed by atoms with Crippen molar-refractivity contribution in [1.82, 2.24) is 4.90 Å². The third-order valence-electron chi connectivity index (χ3n) is 3.82. The fourth-order valence-corrected chi connectivity index (χ4v) is 2.54. The molecular formula is C17H26N2O3. The molecule has 1 amide bonds. The Labute approximate surface area is 132 Å². The summed E-state index contributed by atoms with van der Waals surface area (Å²) in [6, 6.07) is 9.58. The number of hydrogen-bond acceptors (Lipinski definition) is 4. The Morgan fingerprint density at radius 2 is 1.91 bits per heavy atom. The molecule has 1 heterocycles. The summed E-state index contributed by atoms with van der Waals surface area (Å²) in [5, 5.41) is 0. The van der Waals surface area contributed by atoms with Crippen molar-refractivity contribution in [3.05, 3.63) is 30.3 Å². The zero-order chi connectivity index (χ0) is 15.6. The largest absolute Gasteiger partial charge is 0.493 e. The van der Waals surface area contributed by atoms with E-state index in [-0.39, 0.29) is 12.0 Å². The summed E-state index contributed by atoms with van der Waals surface area (Å²) in [4.78, 5) is 14.1. The van der Waals surface area contributed by atoms with Crippen molar-refractivity contribution in [2.45, 2.75) is 31.8 Å². The summed E-state index contributed by atoms with van der Waals surface area (Å²) in [5.74, 6) is 0.971. The second-order valence-electron chi connectivity index (χ2n) is 5.50. The quantitative estimate of drug-likeness (QED) is 0.744. The minimum atomic E-state index is 0.163. The van der Waals surface area contributed by atoms with Gasteiger partial charge >= 0.3 is 0 Å². The van der Waals surface area contributed by atoms with E-state index in [9.17, 15) is 4.79 Å². The van der Waals surface area contributed by atoms with E-state index in [0.717, 1.165) is 44.7 Å². The minimum absolute atomic E-state index is 0.163. The van der Waals surface area contributed by atoms with Crippen LogP contribution in [0.3, 0.4) is 0 Å². The molecule has 1 fully saturated rings. The van der Waals surface area contributed by atoms with E-state index in [1.807, 2.05) is 35.2 Å². The van der Waals surface area contributed by atoms with Crippen LogP contribution in [0.2, 0.25) is 0 Å². The molecule has 0 spiro atoms. The van der Waals surface area contributed by atoms with Crippen LogP contribution >= 0.6 is 0 Å². The third kappa shape index (κ3) is 5.66. The summed E-state index contributed by atoms with van der Waals surface area (Å²) >= 11 is 0. The Kier molecular flexibility index (Phi) is 7.19. The lowest BCUT2D eigenvalue weighted by Crippen LogP contribution is -2.41. The number of carbonyl (C=O) groups excluding carboxylic acids is 1. The molecule has 1 aromatic rings. The van der Waals surface area contributed by atoms with Crippen molar-refractivity contribution in [3.8, 4) is 5.75 Å². The summed E-state index contributed by atoms with van der Waals surface area (Å²) in [7, 11) is 0. The van der Waals surface area contributed by atoms with Gasteiger partial charge in [0.2, 0.25) is 5.91 Å². The van der Waals surface area contributed by atoms with Crippen LogP contribution in [0.15, 0.2) is 30.3 Å². The van der Waals surface area contributed by atoms with E-state index < -0.39 is 0 Å². The highest BCUT2D eigenvalue weighted by Gasteiger charge is 2.22. The van der Waals surface area contributed by atoms with Gasteiger partial charge in [-0.05, 0) is 37.9 Å². The Balaban J connectivity index is 1.61. The van der Waals surface area contributed by atoms with E-state index in [2.05, 4.69) is 0 Å². The number of para-hydroxylation sites is 1. The second kappa shape index (κ2) is 9.43. The first-order chi connectivity index (χ1) is 10.8. The van der Waals surface area contributed by atoms with Crippen LogP contribution in [0, 0.1) is 0 Å². The van der Waals surface area contributed by atoms with Crippen LogP contribution in [-0.2, 0) is 9.53 Å². The van der Waals surface area contributed by atoms with Gasteiger partial charge in [-0.25, -0.2) is 0 Å². The van der Waals surface area contributed by atoms with Crippen molar-refractivity contribution in [3.63, 3.8) is 0 Å². The molecule has 0 unspecified atom stereocenters. The van der Waals surface area contributed by atoms with Crippen LogP contribution in [0.5, 0.6) is 5.75 Å². The number of nitrogens with zero attached hydrogens (tertiary/aromatic N) is 1. The second-order valence-corrected chi connectivity index (χ2v) is 5.50. The van der Waals surface area contributed by atoms with Crippen LogP contribution < -0.4 is 10.5 Å². The first-order valence-electron chi connectivity index (χ1n) is 8.07. The maximum atomic E-state index is 12.1. The Hall–Kier alpha value is -1.59. The molecule has 0 bridgehead atoms. The molecule has 1 aliphatic rings. The van der Waals surface area contributed by atoms with E-state index in [1.165, 1.54) is 0 Å². The lowest BCUT2D eigenvalue weighted by Gasteiger charge is -2.32. The fraction of sp³-hybridized carbons (Fsp3) is 0.588. The lowest BCUT2D eigenvalue weighted by atomic mass is 10.1. The van der Waals surface area contributed by atoms with Gasteiger partial charge in [0.1, 0.15) is 5.75 Å². The van der Waals surface area contributed by atoms with Gasteiger partial charge in [-0.15, -0.1) is 0 Å². The first kappa shape index (κ1) is 16.8. The number of benzene rings is 1. The molecule has 2 N–H and O–H groups in total. The SMILES string of the molecule is NCCCOC1CCN(C(=O)CCOc2ccccc2)CC1. The van der Waals surface area contributed by atoms with Gasteiger partial charge in [0.05, 0.1) is 19.1 Å². The van der Waals surface area contributed by atoms with Crippen LogP contribution in [0.25, 0.3) is 0 Å². The molecule has 0 radical (unpaired) electrons. The molecule has 0 saturated carbocycles. The highest BCUT2D eigenvalue weighted by Crippen LogP contribution is 2.15. The number of amides is 1. The molecule has 0 atom stereocenters. The van der Waals surface area contributed by atoms with Gasteiger partial charge in [-0.3, -0.25) is 4.79 Å². The highest BCUT2D eigenvalue weighted by molar-refractivity contribution is 5.76. The predicted molar refractivity (Wildman–Crippen MR) is 85.8 cm³/mol. The maximum absolute atomic E-state index is 12.1. The Morgan fingerprint density at radius 3 is 2.59 bits per heavy atom. The highest BCUT2D eigenvalue weighted by atomic mass is 16.5. The Bertz CT molecular complexity index is 431. The average Bonchev–Trinajstić information content (AvgIpc) is 2.56. The number of piperidine rings is 1. The van der Waals surface area contributed by atoms with E-state index in [0.29, 0.717) is 19.6 Å². The summed E-state index contributed by atoms with van der Waals surface area (Å²) in [6.45, 7) is 3.36. The maximum Gasteiger partial charge on any atom is 0.226 e. The molecule has 0 aromatic heterocycles. The number of carbonyl (C=O) groups is 1. The molecule has 5 nitrogen and oxygen atoms in total. The predicted octanol–water partition coefficient (Wildman–Crippen LogP) is 1.81. The number of hydrogen-bond donors (Lipinski definition) is 1. The average molecular weight is 306 g/mol. The molecule has 1 aromatic carbocycles. The van der Waals surface area contributed by atoms with Crippen molar-refractivity contribution < 1.29 is 14.3 Å². The molecule has 1 saturated heterocycles. The van der Waals surface area contributed by atoms with Crippen molar-refractivity contribution in [2.75, 3.05) is 32.8 Å². The van der Waals surface area contributed by atoms with Crippen molar-refractivity contribution >= 4 is 5.91 Å². The van der Waals surface area contributed by atoms with E-state index in [1.54, 1.807) is 0 Å².